The van der Waals surface area contributed by atoms with Gasteiger partial charge in [-0.05, 0) is 25.2 Å². The molecule has 0 unspecified atom stereocenters. The third kappa shape index (κ3) is 2.03. The zero-order valence-corrected chi connectivity index (χ0v) is 11.3. The van der Waals surface area contributed by atoms with E-state index >= 15 is 0 Å². The van der Waals surface area contributed by atoms with E-state index in [2.05, 4.69) is 16.8 Å². The van der Waals surface area contributed by atoms with Crippen LogP contribution in [-0.2, 0) is 0 Å². The number of carbonyl (C=O) groups is 1. The van der Waals surface area contributed by atoms with Gasteiger partial charge in [-0.2, -0.15) is 0 Å². The number of fused-ring (bicyclic) bond motifs is 1. The summed E-state index contributed by atoms with van der Waals surface area (Å²) in [5.74, 6) is 1.67. The molecule has 0 N–H and O–H groups in total. The molecule has 0 aromatic carbocycles. The molecule has 0 radical (unpaired) electrons. The van der Waals surface area contributed by atoms with Crippen LogP contribution in [0.1, 0.15) is 36.7 Å². The molecule has 96 valence electrons. The predicted octanol–water partition coefficient (Wildman–Crippen LogP) is 2.83. The van der Waals surface area contributed by atoms with Crippen LogP contribution in [-0.4, -0.2) is 28.8 Å². The summed E-state index contributed by atoms with van der Waals surface area (Å²) in [5.41, 5.74) is 0.695. The lowest BCUT2D eigenvalue weighted by Gasteiger charge is -2.22. The van der Waals surface area contributed by atoms with Crippen LogP contribution < -0.4 is 4.90 Å². The van der Waals surface area contributed by atoms with Crippen LogP contribution in [0.2, 0.25) is 0 Å². The molecule has 2 aromatic rings. The molecule has 0 saturated heterocycles. The first-order valence-corrected chi connectivity index (χ1v) is 7.37. The standard InChI is InChI=1S/C13H17N3OS/c1-2-5-15(8-10-3-4-10)12-11(9-17)16-6-7-18-13(16)14-12/h6-7,9-10H,2-5,8H2,1H3. The van der Waals surface area contributed by atoms with Gasteiger partial charge in [0.15, 0.2) is 17.1 Å². The van der Waals surface area contributed by atoms with E-state index in [0.29, 0.717) is 5.69 Å². The number of carbonyl (C=O) groups excluding carboxylic acids is 1. The maximum Gasteiger partial charge on any atom is 0.196 e. The monoisotopic (exact) mass is 263 g/mol. The Labute approximate surface area is 110 Å². The summed E-state index contributed by atoms with van der Waals surface area (Å²) in [6.07, 6.45) is 6.56. The zero-order valence-electron chi connectivity index (χ0n) is 10.5. The minimum atomic E-state index is 0.695. The van der Waals surface area contributed by atoms with Crippen LogP contribution in [0.15, 0.2) is 11.6 Å². The molecular weight excluding hydrogens is 246 g/mol. The largest absolute Gasteiger partial charge is 0.354 e. The van der Waals surface area contributed by atoms with Crippen LogP contribution >= 0.6 is 11.3 Å². The minimum absolute atomic E-state index is 0.695. The average Bonchev–Trinajstić information content (AvgIpc) is 2.94. The van der Waals surface area contributed by atoms with E-state index in [1.165, 1.54) is 12.8 Å². The van der Waals surface area contributed by atoms with E-state index in [1.54, 1.807) is 11.3 Å². The van der Waals surface area contributed by atoms with Gasteiger partial charge in [-0.25, -0.2) is 4.98 Å². The zero-order chi connectivity index (χ0) is 12.5. The number of imidazole rings is 1. The SMILES string of the molecule is CCCN(CC1CC1)c1nc2sccn2c1C=O. The Bertz CT molecular complexity index is 556. The quantitative estimate of drug-likeness (QED) is 0.752. The van der Waals surface area contributed by atoms with Crippen molar-refractivity contribution in [3.05, 3.63) is 17.3 Å². The number of aldehydes is 1. The number of anilines is 1. The lowest BCUT2D eigenvalue weighted by Crippen LogP contribution is -2.27. The number of hydrogen-bond donors (Lipinski definition) is 0. The Morgan fingerprint density at radius 1 is 1.61 bits per heavy atom. The molecule has 2 heterocycles. The first-order valence-electron chi connectivity index (χ1n) is 6.49. The molecule has 0 aliphatic heterocycles. The van der Waals surface area contributed by atoms with Gasteiger partial charge >= 0.3 is 0 Å². The maximum absolute atomic E-state index is 11.3. The Hall–Kier alpha value is -1.36. The lowest BCUT2D eigenvalue weighted by atomic mass is 10.3. The van der Waals surface area contributed by atoms with Crippen LogP contribution in [0.3, 0.4) is 0 Å². The summed E-state index contributed by atoms with van der Waals surface area (Å²) < 4.78 is 1.89. The van der Waals surface area contributed by atoms with Gasteiger partial charge in [0.25, 0.3) is 0 Å². The summed E-state index contributed by atoms with van der Waals surface area (Å²) in [4.78, 5) is 19.1. The summed E-state index contributed by atoms with van der Waals surface area (Å²) in [7, 11) is 0. The van der Waals surface area contributed by atoms with Gasteiger partial charge in [0.05, 0.1) is 0 Å². The molecule has 4 nitrogen and oxygen atoms in total. The fraction of sp³-hybridized carbons (Fsp3) is 0.538. The molecular formula is C13H17N3OS. The van der Waals surface area contributed by atoms with Crippen LogP contribution in [0.5, 0.6) is 0 Å². The topological polar surface area (TPSA) is 37.6 Å². The van der Waals surface area contributed by atoms with Crippen molar-refractivity contribution in [2.45, 2.75) is 26.2 Å². The molecule has 2 aromatic heterocycles. The molecule has 0 bridgehead atoms. The molecule has 1 fully saturated rings. The second-order valence-electron chi connectivity index (χ2n) is 4.88. The van der Waals surface area contributed by atoms with Gasteiger partial charge in [0.1, 0.15) is 5.69 Å². The van der Waals surface area contributed by atoms with Gasteiger partial charge in [-0.1, -0.05) is 6.92 Å². The van der Waals surface area contributed by atoms with Crippen LogP contribution in [0.4, 0.5) is 5.82 Å². The van der Waals surface area contributed by atoms with E-state index in [-0.39, 0.29) is 0 Å². The number of aromatic nitrogens is 2. The van der Waals surface area contributed by atoms with E-state index in [4.69, 9.17) is 0 Å². The summed E-state index contributed by atoms with van der Waals surface area (Å²) >= 11 is 1.57. The van der Waals surface area contributed by atoms with Gasteiger partial charge in [-0.3, -0.25) is 9.20 Å². The highest BCUT2D eigenvalue weighted by Gasteiger charge is 2.27. The average molecular weight is 263 g/mol. The fourth-order valence-corrected chi connectivity index (χ4v) is 3.02. The summed E-state index contributed by atoms with van der Waals surface area (Å²) in [6.45, 7) is 4.18. The Morgan fingerprint density at radius 3 is 3.11 bits per heavy atom. The van der Waals surface area contributed by atoms with Crippen molar-refractivity contribution in [1.82, 2.24) is 9.38 Å². The van der Waals surface area contributed by atoms with E-state index in [0.717, 1.165) is 42.5 Å². The van der Waals surface area contributed by atoms with Gasteiger partial charge < -0.3 is 4.90 Å². The second-order valence-corrected chi connectivity index (χ2v) is 5.76. The third-order valence-corrected chi connectivity index (χ3v) is 4.12. The highest BCUT2D eigenvalue weighted by atomic mass is 32.1. The van der Waals surface area contributed by atoms with Crippen molar-refractivity contribution in [1.29, 1.82) is 0 Å². The first-order chi connectivity index (χ1) is 8.83. The Kier molecular flexibility index (Phi) is 3.07. The Balaban J connectivity index is 1.97. The minimum Gasteiger partial charge on any atom is -0.354 e. The van der Waals surface area contributed by atoms with E-state index in [1.807, 2.05) is 16.0 Å². The molecule has 1 aliphatic carbocycles. The van der Waals surface area contributed by atoms with Crippen molar-refractivity contribution in [2.24, 2.45) is 5.92 Å². The fourth-order valence-electron chi connectivity index (χ4n) is 2.30. The van der Waals surface area contributed by atoms with Crippen LogP contribution in [0, 0.1) is 5.92 Å². The number of hydrogen-bond acceptors (Lipinski definition) is 4. The molecule has 0 amide bonds. The molecule has 1 aliphatic rings. The molecule has 18 heavy (non-hydrogen) atoms. The maximum atomic E-state index is 11.3. The second kappa shape index (κ2) is 4.72. The van der Waals surface area contributed by atoms with Crippen molar-refractivity contribution in [3.8, 4) is 0 Å². The lowest BCUT2D eigenvalue weighted by molar-refractivity contribution is 0.111. The predicted molar refractivity (Wildman–Crippen MR) is 73.7 cm³/mol. The van der Waals surface area contributed by atoms with Gasteiger partial charge in [0, 0.05) is 24.7 Å². The first kappa shape index (κ1) is 11.7. The summed E-state index contributed by atoms with van der Waals surface area (Å²) in [6, 6.07) is 0. The van der Waals surface area contributed by atoms with E-state index < -0.39 is 0 Å². The Morgan fingerprint density at radius 2 is 2.44 bits per heavy atom. The molecule has 5 heteroatoms. The molecule has 0 spiro atoms. The highest BCUT2D eigenvalue weighted by molar-refractivity contribution is 7.15. The number of rotatable bonds is 6. The molecule has 1 saturated carbocycles. The number of thiazole rings is 1. The van der Waals surface area contributed by atoms with Crippen LogP contribution in [0.25, 0.3) is 4.96 Å². The van der Waals surface area contributed by atoms with Crippen molar-refractivity contribution in [3.63, 3.8) is 0 Å². The van der Waals surface area contributed by atoms with E-state index in [9.17, 15) is 4.79 Å². The van der Waals surface area contributed by atoms with Crippen molar-refractivity contribution in [2.75, 3.05) is 18.0 Å². The van der Waals surface area contributed by atoms with Gasteiger partial charge in [-0.15, -0.1) is 11.3 Å². The molecule has 3 rings (SSSR count). The normalized spacial score (nSPS) is 15.2. The summed E-state index contributed by atoms with van der Waals surface area (Å²) in [5, 5.41) is 1.96. The smallest absolute Gasteiger partial charge is 0.196 e. The third-order valence-electron chi connectivity index (χ3n) is 3.36. The molecule has 0 atom stereocenters. The number of nitrogens with zero attached hydrogens (tertiary/aromatic N) is 3. The van der Waals surface area contributed by atoms with Crippen molar-refractivity contribution < 1.29 is 4.79 Å². The highest BCUT2D eigenvalue weighted by Crippen LogP contribution is 2.32. The van der Waals surface area contributed by atoms with Crippen molar-refractivity contribution >= 4 is 28.4 Å². The van der Waals surface area contributed by atoms with Gasteiger partial charge in [0.2, 0.25) is 0 Å².